The Morgan fingerprint density at radius 1 is 1.53 bits per heavy atom. The second-order valence-electron chi connectivity index (χ2n) is 3.35. The molecule has 1 heterocycles. The molecule has 1 aromatic carbocycles. The van der Waals surface area contributed by atoms with Gasteiger partial charge in [-0.15, -0.1) is 0 Å². The fourth-order valence-corrected chi connectivity index (χ4v) is 1.63. The molecule has 0 aliphatic carbocycles. The minimum atomic E-state index is -0.291. The van der Waals surface area contributed by atoms with Crippen molar-refractivity contribution in [1.29, 1.82) is 0 Å². The van der Waals surface area contributed by atoms with E-state index in [0.717, 1.165) is 16.5 Å². The third-order valence-corrected chi connectivity index (χ3v) is 2.39. The minimum Gasteiger partial charge on any atom is -0.508 e. The van der Waals surface area contributed by atoms with Crippen molar-refractivity contribution in [2.24, 2.45) is 0 Å². The number of nitrogens with one attached hydrogen (secondary N) is 1. The first-order valence-corrected chi connectivity index (χ1v) is 4.61. The van der Waals surface area contributed by atoms with Crippen LogP contribution in [-0.2, 0) is 9.53 Å². The fourth-order valence-electron chi connectivity index (χ4n) is 1.63. The summed E-state index contributed by atoms with van der Waals surface area (Å²) in [6, 6.07) is 5.03. The Hall–Kier alpha value is -1.97. The van der Waals surface area contributed by atoms with E-state index in [0.29, 0.717) is 6.47 Å². The van der Waals surface area contributed by atoms with Gasteiger partial charge in [-0.25, -0.2) is 0 Å². The van der Waals surface area contributed by atoms with Gasteiger partial charge in [0.2, 0.25) is 0 Å². The molecule has 0 aliphatic heterocycles. The first kappa shape index (κ1) is 9.58. The number of aromatic hydroxyl groups is 1. The molecule has 0 saturated heterocycles. The number of carbonyl (C=O) groups excluding carboxylic acids is 1. The number of phenols is 1. The van der Waals surface area contributed by atoms with Crippen LogP contribution in [0.1, 0.15) is 18.6 Å². The molecule has 1 atom stereocenters. The lowest BCUT2D eigenvalue weighted by Crippen LogP contribution is -1.96. The molecule has 2 N–H and O–H groups in total. The zero-order chi connectivity index (χ0) is 10.8. The van der Waals surface area contributed by atoms with E-state index in [4.69, 9.17) is 4.74 Å². The average Bonchev–Trinajstić information content (AvgIpc) is 2.60. The highest BCUT2D eigenvalue weighted by atomic mass is 16.5. The van der Waals surface area contributed by atoms with E-state index in [1.807, 2.05) is 0 Å². The van der Waals surface area contributed by atoms with Crippen molar-refractivity contribution >= 4 is 17.4 Å². The van der Waals surface area contributed by atoms with Crippen molar-refractivity contribution in [1.82, 2.24) is 4.98 Å². The minimum absolute atomic E-state index is 0.208. The van der Waals surface area contributed by atoms with E-state index in [9.17, 15) is 9.90 Å². The summed E-state index contributed by atoms with van der Waals surface area (Å²) in [5.41, 5.74) is 1.73. The molecule has 4 heteroatoms. The number of fused-ring (bicyclic) bond motifs is 1. The Bertz CT molecular complexity index is 490. The van der Waals surface area contributed by atoms with E-state index in [-0.39, 0.29) is 11.9 Å². The summed E-state index contributed by atoms with van der Waals surface area (Å²) in [5, 5.41) is 10.2. The molecular weight excluding hydrogens is 194 g/mol. The second-order valence-corrected chi connectivity index (χ2v) is 3.35. The van der Waals surface area contributed by atoms with Gasteiger partial charge in [0, 0.05) is 28.7 Å². The van der Waals surface area contributed by atoms with E-state index < -0.39 is 0 Å². The van der Waals surface area contributed by atoms with Crippen LogP contribution in [0.15, 0.2) is 24.4 Å². The summed E-state index contributed by atoms with van der Waals surface area (Å²) >= 11 is 0. The molecular formula is C11H11NO3. The maximum Gasteiger partial charge on any atom is 0.293 e. The lowest BCUT2D eigenvalue weighted by molar-refractivity contribution is -0.133. The van der Waals surface area contributed by atoms with Crippen LogP contribution in [0.2, 0.25) is 0 Å². The number of benzene rings is 1. The van der Waals surface area contributed by atoms with Crippen LogP contribution in [0.4, 0.5) is 0 Å². The fraction of sp³-hybridized carbons (Fsp3) is 0.182. The number of hydrogen-bond acceptors (Lipinski definition) is 3. The number of H-pyrrole nitrogens is 1. The number of phenolic OH excluding ortho intramolecular Hbond substituents is 1. The van der Waals surface area contributed by atoms with Crippen LogP contribution in [0.5, 0.6) is 5.75 Å². The maximum atomic E-state index is 10.2. The van der Waals surface area contributed by atoms with Crippen molar-refractivity contribution in [3.05, 3.63) is 30.0 Å². The number of aromatic amines is 1. The first-order valence-electron chi connectivity index (χ1n) is 4.61. The van der Waals surface area contributed by atoms with Crippen molar-refractivity contribution < 1.29 is 14.6 Å². The number of rotatable bonds is 3. The summed E-state index contributed by atoms with van der Waals surface area (Å²) in [4.78, 5) is 13.2. The van der Waals surface area contributed by atoms with Crippen LogP contribution in [-0.4, -0.2) is 16.6 Å². The summed E-state index contributed by atoms with van der Waals surface area (Å²) in [6.45, 7) is 2.23. The van der Waals surface area contributed by atoms with Crippen LogP contribution < -0.4 is 0 Å². The molecule has 2 rings (SSSR count). The van der Waals surface area contributed by atoms with Crippen molar-refractivity contribution in [2.75, 3.05) is 0 Å². The summed E-state index contributed by atoms with van der Waals surface area (Å²) in [5.74, 6) is 0.208. The largest absolute Gasteiger partial charge is 0.508 e. The van der Waals surface area contributed by atoms with Gasteiger partial charge in [0.15, 0.2) is 0 Å². The first-order chi connectivity index (χ1) is 7.22. The van der Waals surface area contributed by atoms with Gasteiger partial charge in [-0.05, 0) is 19.1 Å². The highest BCUT2D eigenvalue weighted by Gasteiger charge is 2.11. The number of carbonyl (C=O) groups is 1. The molecule has 2 aromatic rings. The third-order valence-electron chi connectivity index (χ3n) is 2.39. The molecule has 4 nitrogen and oxygen atoms in total. The Morgan fingerprint density at radius 3 is 3.07 bits per heavy atom. The normalized spacial score (nSPS) is 12.6. The molecule has 0 spiro atoms. The molecule has 15 heavy (non-hydrogen) atoms. The van der Waals surface area contributed by atoms with Crippen LogP contribution in [0, 0.1) is 0 Å². The molecule has 1 unspecified atom stereocenters. The molecule has 78 valence electrons. The SMILES string of the molecule is CC(OC=O)c1c[nH]c2cc(O)ccc12. The van der Waals surface area contributed by atoms with Crippen molar-refractivity contribution in [3.63, 3.8) is 0 Å². The number of hydrogen-bond donors (Lipinski definition) is 2. The van der Waals surface area contributed by atoms with Crippen LogP contribution in [0.3, 0.4) is 0 Å². The van der Waals surface area contributed by atoms with Gasteiger partial charge in [-0.2, -0.15) is 0 Å². The molecule has 0 bridgehead atoms. The Kier molecular flexibility index (Phi) is 2.33. The van der Waals surface area contributed by atoms with Crippen LogP contribution >= 0.6 is 0 Å². The standard InChI is InChI=1S/C11H11NO3/c1-7(15-6-13)10-5-12-11-4-8(14)2-3-9(10)11/h2-7,12,14H,1H3. The maximum absolute atomic E-state index is 10.2. The lowest BCUT2D eigenvalue weighted by atomic mass is 10.1. The van der Waals surface area contributed by atoms with Gasteiger partial charge in [0.1, 0.15) is 11.9 Å². The molecule has 0 amide bonds. The van der Waals surface area contributed by atoms with Crippen molar-refractivity contribution in [2.45, 2.75) is 13.0 Å². The topological polar surface area (TPSA) is 62.3 Å². The predicted octanol–water partition coefficient (Wildman–Crippen LogP) is 2.11. The smallest absolute Gasteiger partial charge is 0.293 e. The molecule has 0 aliphatic rings. The Labute approximate surface area is 86.5 Å². The molecule has 0 saturated carbocycles. The zero-order valence-corrected chi connectivity index (χ0v) is 8.23. The predicted molar refractivity (Wildman–Crippen MR) is 55.5 cm³/mol. The zero-order valence-electron chi connectivity index (χ0n) is 8.23. The van der Waals surface area contributed by atoms with Crippen molar-refractivity contribution in [3.8, 4) is 5.75 Å². The van der Waals surface area contributed by atoms with E-state index in [2.05, 4.69) is 4.98 Å². The highest BCUT2D eigenvalue weighted by Crippen LogP contribution is 2.27. The van der Waals surface area contributed by atoms with E-state index in [1.165, 1.54) is 0 Å². The summed E-state index contributed by atoms with van der Waals surface area (Å²) in [6.07, 6.45) is 1.49. The quantitative estimate of drug-likeness (QED) is 0.754. The third kappa shape index (κ3) is 1.66. The van der Waals surface area contributed by atoms with Gasteiger partial charge >= 0.3 is 0 Å². The summed E-state index contributed by atoms with van der Waals surface area (Å²) in [7, 11) is 0. The Balaban J connectivity index is 2.49. The van der Waals surface area contributed by atoms with Crippen LogP contribution in [0.25, 0.3) is 10.9 Å². The average molecular weight is 205 g/mol. The van der Waals surface area contributed by atoms with E-state index >= 15 is 0 Å². The molecule has 1 aromatic heterocycles. The molecule has 0 radical (unpaired) electrons. The highest BCUT2D eigenvalue weighted by molar-refractivity contribution is 5.84. The van der Waals surface area contributed by atoms with E-state index in [1.54, 1.807) is 31.3 Å². The number of ether oxygens (including phenoxy) is 1. The van der Waals surface area contributed by atoms with Gasteiger partial charge in [-0.1, -0.05) is 0 Å². The Morgan fingerprint density at radius 2 is 2.33 bits per heavy atom. The lowest BCUT2D eigenvalue weighted by Gasteiger charge is -2.07. The monoisotopic (exact) mass is 205 g/mol. The number of aromatic nitrogens is 1. The van der Waals surface area contributed by atoms with Gasteiger partial charge in [0.25, 0.3) is 6.47 Å². The van der Waals surface area contributed by atoms with Gasteiger partial charge < -0.3 is 14.8 Å². The van der Waals surface area contributed by atoms with Gasteiger partial charge in [-0.3, -0.25) is 4.79 Å². The van der Waals surface area contributed by atoms with Gasteiger partial charge in [0.05, 0.1) is 0 Å². The summed E-state index contributed by atoms with van der Waals surface area (Å²) < 4.78 is 4.86. The molecule has 0 fully saturated rings. The second kappa shape index (κ2) is 3.65.